The highest BCUT2D eigenvalue weighted by Gasteiger charge is 2.35. The molecular formula is C29H31FN6O4S. The van der Waals surface area contributed by atoms with Crippen molar-refractivity contribution in [3.63, 3.8) is 0 Å². The zero-order valence-electron chi connectivity index (χ0n) is 22.8. The number of nitrogens with one attached hydrogen (secondary N) is 1. The van der Waals surface area contributed by atoms with Gasteiger partial charge in [0.25, 0.3) is 0 Å². The van der Waals surface area contributed by atoms with Gasteiger partial charge in [-0.25, -0.2) is 21.8 Å². The lowest BCUT2D eigenvalue weighted by atomic mass is 10.0. The Morgan fingerprint density at radius 3 is 2.32 bits per heavy atom. The van der Waals surface area contributed by atoms with E-state index in [1.165, 1.54) is 72.2 Å². The summed E-state index contributed by atoms with van der Waals surface area (Å²) in [5.74, 6) is -1.38. The first-order valence-corrected chi connectivity index (χ1v) is 14.8. The summed E-state index contributed by atoms with van der Waals surface area (Å²) in [5, 5.41) is 11.3. The summed E-state index contributed by atoms with van der Waals surface area (Å²) in [7, 11) is -0.868. The molecule has 0 spiro atoms. The molecule has 1 fully saturated rings. The van der Waals surface area contributed by atoms with Crippen LogP contribution in [0.5, 0.6) is 0 Å². The van der Waals surface area contributed by atoms with Gasteiger partial charge in [0.2, 0.25) is 21.8 Å². The minimum Gasteiger partial charge on any atom is -0.351 e. The Morgan fingerprint density at radius 1 is 1.00 bits per heavy atom. The van der Waals surface area contributed by atoms with Crippen LogP contribution in [-0.2, 0) is 26.2 Å². The number of halogens is 1. The van der Waals surface area contributed by atoms with Gasteiger partial charge >= 0.3 is 0 Å². The third-order valence-electron chi connectivity index (χ3n) is 7.26. The van der Waals surface area contributed by atoms with E-state index in [0.29, 0.717) is 22.3 Å². The summed E-state index contributed by atoms with van der Waals surface area (Å²) in [6.07, 6.45) is 3.65. The Hall–Kier alpha value is -4.16. The molecule has 214 valence electrons. The summed E-state index contributed by atoms with van der Waals surface area (Å²) in [4.78, 5) is 29.4. The lowest BCUT2D eigenvalue weighted by molar-refractivity contribution is -0.127. The molecule has 1 saturated carbocycles. The van der Waals surface area contributed by atoms with Crippen LogP contribution in [0.1, 0.15) is 37.3 Å². The number of amides is 2. The number of sulfonamides is 1. The van der Waals surface area contributed by atoms with Crippen molar-refractivity contribution < 1.29 is 22.4 Å². The van der Waals surface area contributed by atoms with E-state index < -0.39 is 33.7 Å². The van der Waals surface area contributed by atoms with Crippen molar-refractivity contribution in [2.45, 2.75) is 49.2 Å². The lowest BCUT2D eigenvalue weighted by Crippen LogP contribution is -2.47. The number of rotatable bonds is 9. The first kappa shape index (κ1) is 28.4. The lowest BCUT2D eigenvalue weighted by Gasteiger charge is -2.32. The molecule has 0 saturated heterocycles. The molecule has 1 N–H and O–H groups in total. The average Bonchev–Trinajstić information content (AvgIpc) is 3.62. The van der Waals surface area contributed by atoms with Crippen LogP contribution < -0.4 is 10.2 Å². The quantitative estimate of drug-likeness (QED) is 0.324. The molecule has 41 heavy (non-hydrogen) atoms. The molecule has 1 heterocycles. The highest BCUT2D eigenvalue weighted by Crippen LogP contribution is 2.31. The van der Waals surface area contributed by atoms with E-state index in [9.17, 15) is 22.4 Å². The molecule has 0 aliphatic heterocycles. The van der Waals surface area contributed by atoms with Crippen molar-refractivity contribution in [2.75, 3.05) is 19.0 Å². The van der Waals surface area contributed by atoms with Gasteiger partial charge in [0.1, 0.15) is 23.9 Å². The maximum absolute atomic E-state index is 14.1. The first-order chi connectivity index (χ1) is 19.6. The van der Waals surface area contributed by atoms with Crippen molar-refractivity contribution in [3.8, 4) is 0 Å². The van der Waals surface area contributed by atoms with Gasteiger partial charge in [0.05, 0.1) is 10.4 Å². The van der Waals surface area contributed by atoms with Crippen molar-refractivity contribution in [2.24, 2.45) is 0 Å². The van der Waals surface area contributed by atoms with E-state index in [2.05, 4.69) is 15.6 Å². The van der Waals surface area contributed by atoms with E-state index in [1.807, 2.05) is 12.1 Å². The van der Waals surface area contributed by atoms with Crippen LogP contribution in [0.4, 0.5) is 10.1 Å². The minimum atomic E-state index is -3.73. The van der Waals surface area contributed by atoms with Gasteiger partial charge in [-0.3, -0.25) is 14.5 Å². The molecule has 12 heteroatoms. The van der Waals surface area contributed by atoms with E-state index in [-0.39, 0.29) is 17.5 Å². The predicted molar refractivity (Wildman–Crippen MR) is 152 cm³/mol. The summed E-state index contributed by atoms with van der Waals surface area (Å²) < 4.78 is 41.9. The number of carbonyl (C=O) groups is 2. The standard InChI is InChI=1S/C29H31FN6O4S/c1-34(2)41(39,40)24-17-15-23(16-18-24)36(27(37)19-35-26-10-6-5-9-25(26)32-33-35)28(20-11-13-21(30)14-12-20)29(38)31-22-7-3-4-8-22/h5-6,9-18,22,28H,3-4,7-8,19H2,1-2H3,(H,31,38). The Morgan fingerprint density at radius 2 is 1.66 bits per heavy atom. The van der Waals surface area contributed by atoms with Crippen molar-refractivity contribution in [1.82, 2.24) is 24.6 Å². The van der Waals surface area contributed by atoms with Crippen LogP contribution in [0.2, 0.25) is 0 Å². The minimum absolute atomic E-state index is 0.0331. The molecule has 1 atom stereocenters. The van der Waals surface area contributed by atoms with Crippen LogP contribution in [-0.4, -0.2) is 59.7 Å². The normalized spacial score (nSPS) is 14.8. The number of nitrogens with zero attached hydrogens (tertiary/aromatic N) is 5. The summed E-state index contributed by atoms with van der Waals surface area (Å²) in [5.41, 5.74) is 1.96. The Kier molecular flexibility index (Phi) is 8.13. The fraction of sp³-hybridized carbons (Fsp3) is 0.310. The van der Waals surface area contributed by atoms with Crippen LogP contribution in [0, 0.1) is 5.82 Å². The third kappa shape index (κ3) is 5.98. The molecule has 10 nitrogen and oxygen atoms in total. The molecule has 5 rings (SSSR count). The number of aromatic nitrogens is 3. The number of anilines is 1. The highest BCUT2D eigenvalue weighted by atomic mass is 32.2. The van der Waals surface area contributed by atoms with Gasteiger partial charge in [0, 0.05) is 25.8 Å². The number of carbonyl (C=O) groups excluding carboxylic acids is 2. The molecule has 0 radical (unpaired) electrons. The summed E-state index contributed by atoms with van der Waals surface area (Å²) in [6.45, 7) is -0.243. The second-order valence-corrected chi connectivity index (χ2v) is 12.4. The second kappa shape index (κ2) is 11.8. The number of hydrogen-bond donors (Lipinski definition) is 1. The van der Waals surface area contributed by atoms with E-state index in [4.69, 9.17) is 0 Å². The van der Waals surface area contributed by atoms with Crippen molar-refractivity contribution in [3.05, 3.63) is 84.2 Å². The SMILES string of the molecule is CN(C)S(=O)(=O)c1ccc(N(C(=O)Cn2nnc3ccccc32)C(C(=O)NC2CCCC2)c2ccc(F)cc2)cc1. The Labute approximate surface area is 237 Å². The van der Waals surface area contributed by atoms with Crippen molar-refractivity contribution in [1.29, 1.82) is 0 Å². The van der Waals surface area contributed by atoms with E-state index in [0.717, 1.165) is 30.0 Å². The molecular weight excluding hydrogens is 547 g/mol. The molecule has 0 bridgehead atoms. The van der Waals surface area contributed by atoms with Gasteiger partial charge in [-0.05, 0) is 66.9 Å². The Balaban J connectivity index is 1.59. The predicted octanol–water partition coefficient (Wildman–Crippen LogP) is 3.65. The Bertz CT molecular complexity index is 1650. The van der Waals surface area contributed by atoms with Crippen LogP contribution in [0.3, 0.4) is 0 Å². The van der Waals surface area contributed by atoms with E-state index >= 15 is 0 Å². The molecule has 1 aliphatic carbocycles. The maximum Gasteiger partial charge on any atom is 0.249 e. The highest BCUT2D eigenvalue weighted by molar-refractivity contribution is 7.89. The second-order valence-electron chi connectivity index (χ2n) is 10.2. The molecule has 3 aromatic carbocycles. The molecule has 1 aromatic heterocycles. The first-order valence-electron chi connectivity index (χ1n) is 13.3. The van der Waals surface area contributed by atoms with E-state index in [1.54, 1.807) is 12.1 Å². The van der Waals surface area contributed by atoms with Gasteiger partial charge in [-0.15, -0.1) is 5.10 Å². The van der Waals surface area contributed by atoms with Crippen molar-refractivity contribution >= 4 is 38.6 Å². The molecule has 2 amide bonds. The zero-order valence-corrected chi connectivity index (χ0v) is 23.6. The summed E-state index contributed by atoms with van der Waals surface area (Å²) in [6, 6.07) is 17.2. The maximum atomic E-state index is 14.1. The van der Waals surface area contributed by atoms with Gasteiger partial charge in [0.15, 0.2) is 0 Å². The zero-order chi connectivity index (χ0) is 29.1. The van der Waals surface area contributed by atoms with Gasteiger partial charge < -0.3 is 5.32 Å². The molecule has 1 unspecified atom stereocenters. The largest absolute Gasteiger partial charge is 0.351 e. The fourth-order valence-electron chi connectivity index (χ4n) is 5.08. The monoisotopic (exact) mass is 578 g/mol. The van der Waals surface area contributed by atoms with Gasteiger partial charge in [-0.2, -0.15) is 0 Å². The van der Waals surface area contributed by atoms with Crippen LogP contribution >= 0.6 is 0 Å². The number of fused-ring (bicyclic) bond motifs is 1. The number of para-hydroxylation sites is 1. The number of benzene rings is 3. The summed E-state index contributed by atoms with van der Waals surface area (Å²) >= 11 is 0. The fourth-order valence-corrected chi connectivity index (χ4v) is 5.98. The molecule has 1 aliphatic rings. The smallest absolute Gasteiger partial charge is 0.249 e. The van der Waals surface area contributed by atoms with Gasteiger partial charge in [-0.1, -0.05) is 42.3 Å². The average molecular weight is 579 g/mol. The number of hydrogen-bond acceptors (Lipinski definition) is 6. The van der Waals surface area contributed by atoms with Crippen LogP contribution in [0.25, 0.3) is 11.0 Å². The topological polar surface area (TPSA) is 118 Å². The van der Waals surface area contributed by atoms with Crippen LogP contribution in [0.15, 0.2) is 77.7 Å². The third-order valence-corrected chi connectivity index (χ3v) is 9.09. The molecule has 4 aromatic rings.